The molecule has 1 rings (SSSR count). The van der Waals surface area contributed by atoms with E-state index in [1.165, 1.54) is 11.8 Å². The molecule has 0 radical (unpaired) electrons. The van der Waals surface area contributed by atoms with Gasteiger partial charge in [-0.3, -0.25) is 9.98 Å². The predicted molar refractivity (Wildman–Crippen MR) is 64.9 cm³/mol. The van der Waals surface area contributed by atoms with Gasteiger partial charge in [0.15, 0.2) is 0 Å². The normalized spacial score (nSPS) is 12.7. The maximum absolute atomic E-state index is 5.50. The number of aromatic nitrogens is 1. The Bertz CT molecular complexity index is 361. The third kappa shape index (κ3) is 2.91. The van der Waals surface area contributed by atoms with Crippen molar-refractivity contribution < 1.29 is 0 Å². The van der Waals surface area contributed by atoms with Crippen LogP contribution in [0, 0.1) is 0 Å². The third-order valence-corrected chi connectivity index (χ3v) is 2.20. The van der Waals surface area contributed by atoms with Gasteiger partial charge >= 0.3 is 0 Å². The van der Waals surface area contributed by atoms with Crippen molar-refractivity contribution in [3.63, 3.8) is 0 Å². The minimum Gasteiger partial charge on any atom is -0.404 e. The first-order valence-electron chi connectivity index (χ1n) is 4.99. The van der Waals surface area contributed by atoms with E-state index in [0.29, 0.717) is 5.92 Å². The number of hydrogen-bond donors (Lipinski definition) is 1. The maximum Gasteiger partial charge on any atom is 0.0731 e. The molecule has 0 atom stereocenters. The smallest absolute Gasteiger partial charge is 0.0731 e. The topological polar surface area (TPSA) is 51.3 Å². The molecule has 1 aromatic heterocycles. The fourth-order valence-corrected chi connectivity index (χ4v) is 1.25. The van der Waals surface area contributed by atoms with Crippen molar-refractivity contribution in [2.24, 2.45) is 10.7 Å². The Balaban J connectivity index is 2.97. The van der Waals surface area contributed by atoms with E-state index in [2.05, 4.69) is 29.9 Å². The van der Waals surface area contributed by atoms with Crippen molar-refractivity contribution in [1.82, 2.24) is 4.98 Å². The molecule has 0 aliphatic rings. The van der Waals surface area contributed by atoms with Crippen LogP contribution in [0.2, 0.25) is 0 Å². The van der Waals surface area contributed by atoms with E-state index in [1.807, 2.05) is 12.3 Å². The Morgan fingerprint density at radius 2 is 2.20 bits per heavy atom. The second-order valence-electron chi connectivity index (χ2n) is 3.64. The summed E-state index contributed by atoms with van der Waals surface area (Å²) in [4.78, 5) is 8.28. The lowest BCUT2D eigenvalue weighted by molar-refractivity contribution is 0.857. The summed E-state index contributed by atoms with van der Waals surface area (Å²) in [6.45, 7) is 4.29. The average molecular weight is 203 g/mol. The molecule has 0 aliphatic heterocycles. The highest BCUT2D eigenvalue weighted by molar-refractivity contribution is 6.08. The fraction of sp³-hybridized carbons (Fsp3) is 0.333. The fourth-order valence-electron chi connectivity index (χ4n) is 1.25. The van der Waals surface area contributed by atoms with Gasteiger partial charge in [0, 0.05) is 31.2 Å². The molecule has 0 unspecified atom stereocenters. The Hall–Kier alpha value is -1.64. The first kappa shape index (κ1) is 11.4. The van der Waals surface area contributed by atoms with Crippen LogP contribution in [-0.2, 0) is 0 Å². The van der Waals surface area contributed by atoms with Crippen molar-refractivity contribution in [2.75, 3.05) is 7.05 Å². The lowest BCUT2D eigenvalue weighted by atomic mass is 10.0. The van der Waals surface area contributed by atoms with E-state index in [9.17, 15) is 0 Å². The summed E-state index contributed by atoms with van der Waals surface area (Å²) in [5, 5.41) is 0. The summed E-state index contributed by atoms with van der Waals surface area (Å²) >= 11 is 0. The van der Waals surface area contributed by atoms with Gasteiger partial charge in [0.05, 0.1) is 5.69 Å². The van der Waals surface area contributed by atoms with Crippen molar-refractivity contribution in [1.29, 1.82) is 0 Å². The summed E-state index contributed by atoms with van der Waals surface area (Å²) in [6, 6.07) is 4.04. The summed E-state index contributed by atoms with van der Waals surface area (Å²) in [5.41, 5.74) is 8.42. The Morgan fingerprint density at radius 1 is 1.47 bits per heavy atom. The first-order chi connectivity index (χ1) is 7.19. The molecule has 1 heterocycles. The molecule has 0 saturated heterocycles. The molecule has 0 amide bonds. The van der Waals surface area contributed by atoms with Crippen LogP contribution in [0.3, 0.4) is 0 Å². The van der Waals surface area contributed by atoms with Gasteiger partial charge in [-0.05, 0) is 17.5 Å². The van der Waals surface area contributed by atoms with Gasteiger partial charge in [-0.15, -0.1) is 0 Å². The van der Waals surface area contributed by atoms with Crippen LogP contribution < -0.4 is 5.73 Å². The Morgan fingerprint density at radius 3 is 2.60 bits per heavy atom. The predicted octanol–water partition coefficient (Wildman–Crippen LogP) is 2.21. The zero-order valence-corrected chi connectivity index (χ0v) is 9.44. The van der Waals surface area contributed by atoms with Crippen LogP contribution >= 0.6 is 0 Å². The molecule has 0 aliphatic carbocycles. The van der Waals surface area contributed by atoms with Crippen molar-refractivity contribution >= 4 is 11.8 Å². The molecule has 0 aromatic carbocycles. The molecule has 0 fully saturated rings. The highest BCUT2D eigenvalue weighted by Crippen LogP contribution is 2.15. The SMILES string of the molecule is CN=C/C(=C\N)c1ccc(C(C)C)cn1. The molecular formula is C12H17N3. The minimum absolute atomic E-state index is 0.497. The van der Waals surface area contributed by atoms with E-state index in [4.69, 9.17) is 5.73 Å². The zero-order valence-electron chi connectivity index (χ0n) is 9.44. The van der Waals surface area contributed by atoms with Crippen LogP contribution in [-0.4, -0.2) is 18.2 Å². The molecule has 80 valence electrons. The van der Waals surface area contributed by atoms with Crippen molar-refractivity contribution in [2.45, 2.75) is 19.8 Å². The highest BCUT2D eigenvalue weighted by atomic mass is 14.7. The van der Waals surface area contributed by atoms with Crippen LogP contribution in [0.4, 0.5) is 0 Å². The van der Waals surface area contributed by atoms with E-state index in [0.717, 1.165) is 11.3 Å². The lowest BCUT2D eigenvalue weighted by Gasteiger charge is -2.05. The quantitative estimate of drug-likeness (QED) is 0.766. The summed E-state index contributed by atoms with van der Waals surface area (Å²) in [6.07, 6.45) is 5.11. The van der Waals surface area contributed by atoms with E-state index >= 15 is 0 Å². The van der Waals surface area contributed by atoms with Gasteiger partial charge < -0.3 is 5.73 Å². The minimum atomic E-state index is 0.497. The maximum atomic E-state index is 5.50. The van der Waals surface area contributed by atoms with E-state index in [1.54, 1.807) is 13.3 Å². The lowest BCUT2D eigenvalue weighted by Crippen LogP contribution is -1.96. The van der Waals surface area contributed by atoms with Crippen LogP contribution in [0.15, 0.2) is 29.5 Å². The van der Waals surface area contributed by atoms with E-state index < -0.39 is 0 Å². The van der Waals surface area contributed by atoms with Gasteiger partial charge in [-0.1, -0.05) is 19.9 Å². The average Bonchev–Trinajstić information content (AvgIpc) is 2.26. The molecule has 3 nitrogen and oxygen atoms in total. The monoisotopic (exact) mass is 203 g/mol. The standard InChI is InChI=1S/C12H17N3/c1-9(2)10-4-5-12(15-8-10)11(6-13)7-14-3/h4-9H,13H2,1-3H3/b11-6+,14-7?. The summed E-state index contributed by atoms with van der Waals surface area (Å²) in [7, 11) is 1.71. The summed E-state index contributed by atoms with van der Waals surface area (Å²) in [5.74, 6) is 0.497. The third-order valence-electron chi connectivity index (χ3n) is 2.20. The first-order valence-corrected chi connectivity index (χ1v) is 4.99. The van der Waals surface area contributed by atoms with E-state index in [-0.39, 0.29) is 0 Å². The second-order valence-corrected chi connectivity index (χ2v) is 3.64. The molecular weight excluding hydrogens is 186 g/mol. The van der Waals surface area contributed by atoms with Gasteiger partial charge in [0.1, 0.15) is 0 Å². The number of aliphatic imine (C=N–C) groups is 1. The summed E-state index contributed by atoms with van der Waals surface area (Å²) < 4.78 is 0. The number of nitrogens with two attached hydrogens (primary N) is 1. The number of pyridine rings is 1. The largest absolute Gasteiger partial charge is 0.404 e. The van der Waals surface area contributed by atoms with Crippen molar-refractivity contribution in [3.05, 3.63) is 35.8 Å². The number of hydrogen-bond acceptors (Lipinski definition) is 3. The van der Waals surface area contributed by atoms with Gasteiger partial charge in [0.25, 0.3) is 0 Å². The van der Waals surface area contributed by atoms with Gasteiger partial charge in [-0.25, -0.2) is 0 Å². The number of allylic oxidation sites excluding steroid dienone is 1. The van der Waals surface area contributed by atoms with Gasteiger partial charge in [-0.2, -0.15) is 0 Å². The van der Waals surface area contributed by atoms with Gasteiger partial charge in [0.2, 0.25) is 0 Å². The molecule has 0 spiro atoms. The zero-order chi connectivity index (χ0) is 11.3. The molecule has 0 saturated carbocycles. The van der Waals surface area contributed by atoms with Crippen LogP contribution in [0.5, 0.6) is 0 Å². The second kappa shape index (κ2) is 5.29. The highest BCUT2D eigenvalue weighted by Gasteiger charge is 2.02. The molecule has 1 aromatic rings. The Labute approximate surface area is 90.8 Å². The van der Waals surface area contributed by atoms with Crippen molar-refractivity contribution in [3.8, 4) is 0 Å². The molecule has 0 bridgehead atoms. The van der Waals surface area contributed by atoms with Crippen LogP contribution in [0.25, 0.3) is 5.57 Å². The number of nitrogens with zero attached hydrogens (tertiary/aromatic N) is 2. The Kier molecular flexibility index (Phi) is 4.03. The molecule has 2 N–H and O–H groups in total. The molecule has 3 heteroatoms. The molecule has 15 heavy (non-hydrogen) atoms. The van der Waals surface area contributed by atoms with Crippen LogP contribution in [0.1, 0.15) is 31.0 Å². The number of rotatable bonds is 3.